The molecule has 0 aromatic heterocycles. The third kappa shape index (κ3) is 2.89. The molecule has 0 amide bonds. The smallest absolute Gasteiger partial charge is 0.200 e. The molecule has 21 heavy (non-hydrogen) atoms. The summed E-state index contributed by atoms with van der Waals surface area (Å²) in [5.74, 6) is -10.6. The number of halogens is 5. The number of nitrogens with two attached hydrogens (primary N) is 1. The van der Waals surface area contributed by atoms with Crippen molar-refractivity contribution in [3.8, 4) is 0 Å². The predicted octanol–water partition coefficient (Wildman–Crippen LogP) is 3.32. The first-order valence-electron chi connectivity index (χ1n) is 6.81. The molecule has 1 aliphatic rings. The zero-order valence-corrected chi connectivity index (χ0v) is 11.2. The maximum Gasteiger partial charge on any atom is 0.200 e. The molecule has 1 aromatic carbocycles. The number of rotatable bonds is 3. The second kappa shape index (κ2) is 6.27. The first-order chi connectivity index (χ1) is 9.86. The molecule has 7 heteroatoms. The Labute approximate surface area is 118 Å². The molecular weight excluding hydrogens is 293 g/mol. The number of benzene rings is 1. The highest BCUT2D eigenvalue weighted by atomic mass is 19.2. The molecule has 2 nitrogen and oxygen atoms in total. The van der Waals surface area contributed by atoms with Gasteiger partial charge in [0.05, 0.1) is 12.1 Å². The summed E-state index contributed by atoms with van der Waals surface area (Å²) in [5, 5.41) is 10.1. The van der Waals surface area contributed by atoms with Crippen LogP contribution in [0.3, 0.4) is 0 Å². The van der Waals surface area contributed by atoms with Crippen LogP contribution in [0, 0.1) is 35.0 Å². The van der Waals surface area contributed by atoms with Gasteiger partial charge in [-0.3, -0.25) is 0 Å². The molecule has 1 saturated carbocycles. The van der Waals surface area contributed by atoms with Gasteiger partial charge >= 0.3 is 0 Å². The molecule has 0 radical (unpaired) electrons. The summed E-state index contributed by atoms with van der Waals surface area (Å²) in [5.41, 5.74) is 4.42. The fourth-order valence-electron chi connectivity index (χ4n) is 2.85. The van der Waals surface area contributed by atoms with Gasteiger partial charge in [0.1, 0.15) is 0 Å². The molecule has 1 aromatic rings. The number of aliphatic hydroxyl groups is 1. The fourth-order valence-corrected chi connectivity index (χ4v) is 2.85. The topological polar surface area (TPSA) is 46.2 Å². The van der Waals surface area contributed by atoms with Crippen molar-refractivity contribution in [2.75, 3.05) is 0 Å². The summed E-state index contributed by atoms with van der Waals surface area (Å²) in [6.07, 6.45) is 2.55. The average molecular weight is 309 g/mol. The highest BCUT2D eigenvalue weighted by molar-refractivity contribution is 5.27. The van der Waals surface area contributed by atoms with E-state index in [-0.39, 0.29) is 5.92 Å². The highest BCUT2D eigenvalue weighted by Crippen LogP contribution is 2.34. The molecule has 118 valence electrons. The van der Waals surface area contributed by atoms with E-state index in [0.717, 1.165) is 19.3 Å². The van der Waals surface area contributed by atoms with Crippen molar-refractivity contribution in [1.82, 2.24) is 0 Å². The normalized spacial score (nSPS) is 19.6. The van der Waals surface area contributed by atoms with Crippen molar-refractivity contribution >= 4 is 0 Å². The number of aliphatic hydroxyl groups excluding tert-OH is 1. The Morgan fingerprint density at radius 3 is 1.71 bits per heavy atom. The van der Waals surface area contributed by atoms with Crippen LogP contribution in [0.25, 0.3) is 0 Å². The van der Waals surface area contributed by atoms with E-state index in [1.54, 1.807) is 0 Å². The van der Waals surface area contributed by atoms with E-state index in [2.05, 4.69) is 0 Å². The zero-order valence-electron chi connectivity index (χ0n) is 11.2. The minimum absolute atomic E-state index is 0.302. The second-order valence-electron chi connectivity index (χ2n) is 5.40. The molecule has 2 atom stereocenters. The van der Waals surface area contributed by atoms with Crippen molar-refractivity contribution in [1.29, 1.82) is 0 Å². The summed E-state index contributed by atoms with van der Waals surface area (Å²) < 4.78 is 66.7. The Kier molecular flexibility index (Phi) is 4.83. The van der Waals surface area contributed by atoms with E-state index in [4.69, 9.17) is 5.73 Å². The summed E-state index contributed by atoms with van der Waals surface area (Å²) in [6.45, 7) is 0. The van der Waals surface area contributed by atoms with Crippen LogP contribution in [-0.2, 0) is 0 Å². The Morgan fingerprint density at radius 1 is 0.810 bits per heavy atom. The number of hydrogen-bond acceptors (Lipinski definition) is 2. The predicted molar refractivity (Wildman–Crippen MR) is 65.7 cm³/mol. The van der Waals surface area contributed by atoms with Crippen LogP contribution in [0.4, 0.5) is 22.0 Å². The monoisotopic (exact) mass is 309 g/mol. The van der Waals surface area contributed by atoms with E-state index in [9.17, 15) is 27.1 Å². The van der Waals surface area contributed by atoms with Crippen molar-refractivity contribution in [2.45, 2.75) is 44.2 Å². The minimum atomic E-state index is -2.23. The maximum absolute atomic E-state index is 13.7. The molecule has 3 N–H and O–H groups in total. The van der Waals surface area contributed by atoms with Gasteiger partial charge in [-0.2, -0.15) is 0 Å². The summed E-state index contributed by atoms with van der Waals surface area (Å²) in [4.78, 5) is 0. The molecule has 0 bridgehead atoms. The van der Waals surface area contributed by atoms with Gasteiger partial charge in [0, 0.05) is 5.56 Å². The Hall–Kier alpha value is -1.21. The van der Waals surface area contributed by atoms with Crippen molar-refractivity contribution in [2.24, 2.45) is 11.7 Å². The van der Waals surface area contributed by atoms with E-state index in [0.29, 0.717) is 12.8 Å². The first-order valence-corrected chi connectivity index (χ1v) is 6.81. The third-order valence-electron chi connectivity index (χ3n) is 4.08. The molecule has 0 heterocycles. The lowest BCUT2D eigenvalue weighted by atomic mass is 9.81. The van der Waals surface area contributed by atoms with Gasteiger partial charge < -0.3 is 10.8 Å². The quantitative estimate of drug-likeness (QED) is 0.511. The van der Waals surface area contributed by atoms with Crippen molar-refractivity contribution in [3.05, 3.63) is 34.6 Å². The maximum atomic E-state index is 13.7. The van der Waals surface area contributed by atoms with Crippen LogP contribution in [0.1, 0.15) is 43.7 Å². The van der Waals surface area contributed by atoms with E-state index in [1.165, 1.54) is 0 Å². The van der Waals surface area contributed by atoms with Crippen LogP contribution >= 0.6 is 0 Å². The summed E-state index contributed by atoms with van der Waals surface area (Å²) in [7, 11) is 0. The average Bonchev–Trinajstić information content (AvgIpc) is 2.51. The lowest BCUT2D eigenvalue weighted by molar-refractivity contribution is 0.0590. The van der Waals surface area contributed by atoms with Gasteiger partial charge in [-0.05, 0) is 18.8 Å². The Bertz CT molecular complexity index is 502. The van der Waals surface area contributed by atoms with E-state index < -0.39 is 46.8 Å². The molecule has 0 saturated heterocycles. The van der Waals surface area contributed by atoms with Gasteiger partial charge in [-0.15, -0.1) is 0 Å². The number of hydrogen-bond donors (Lipinski definition) is 2. The van der Waals surface area contributed by atoms with Gasteiger partial charge in [0.2, 0.25) is 5.82 Å². The lowest BCUT2D eigenvalue weighted by Gasteiger charge is -2.30. The minimum Gasteiger partial charge on any atom is -0.391 e. The second-order valence-corrected chi connectivity index (χ2v) is 5.40. The van der Waals surface area contributed by atoms with E-state index in [1.807, 2.05) is 0 Å². The van der Waals surface area contributed by atoms with E-state index >= 15 is 0 Å². The Morgan fingerprint density at radius 2 is 1.24 bits per heavy atom. The third-order valence-corrected chi connectivity index (χ3v) is 4.08. The largest absolute Gasteiger partial charge is 0.391 e. The zero-order chi connectivity index (χ0) is 15.7. The van der Waals surface area contributed by atoms with Gasteiger partial charge in [0.15, 0.2) is 23.3 Å². The van der Waals surface area contributed by atoms with Gasteiger partial charge in [-0.25, -0.2) is 22.0 Å². The van der Waals surface area contributed by atoms with Crippen LogP contribution in [0.2, 0.25) is 0 Å². The SMILES string of the molecule is N[C@H](c1c(F)c(F)c(F)c(F)c1F)[C@@H](O)C1CCCCC1. The van der Waals surface area contributed by atoms with Crippen LogP contribution in [0.5, 0.6) is 0 Å². The first kappa shape index (κ1) is 16.2. The standard InChI is InChI=1S/C14H16F5NO/c15-8-7(9(16)11(18)12(19)10(8)17)13(20)14(21)6-4-2-1-3-5-6/h6,13-14,21H,1-5,20H2/t13-,14+/m1/s1. The summed E-state index contributed by atoms with van der Waals surface area (Å²) >= 11 is 0. The molecule has 0 spiro atoms. The molecule has 0 aliphatic heterocycles. The highest BCUT2D eigenvalue weighted by Gasteiger charge is 2.35. The molecule has 1 fully saturated rings. The van der Waals surface area contributed by atoms with Crippen LogP contribution < -0.4 is 5.73 Å². The van der Waals surface area contributed by atoms with Gasteiger partial charge in [0.25, 0.3) is 0 Å². The molecule has 0 unspecified atom stereocenters. The molecule has 2 rings (SSSR count). The summed E-state index contributed by atoms with van der Waals surface area (Å²) in [6, 6.07) is -1.65. The van der Waals surface area contributed by atoms with Crippen LogP contribution in [-0.4, -0.2) is 11.2 Å². The van der Waals surface area contributed by atoms with Crippen LogP contribution in [0.15, 0.2) is 0 Å². The lowest BCUT2D eigenvalue weighted by Crippen LogP contribution is -2.36. The fraction of sp³-hybridized carbons (Fsp3) is 0.571. The van der Waals surface area contributed by atoms with Gasteiger partial charge in [-0.1, -0.05) is 19.3 Å². The Balaban J connectivity index is 2.36. The molecule has 1 aliphatic carbocycles. The van der Waals surface area contributed by atoms with Crippen molar-refractivity contribution < 1.29 is 27.1 Å². The molecular formula is C14H16F5NO. The van der Waals surface area contributed by atoms with Crippen molar-refractivity contribution in [3.63, 3.8) is 0 Å².